The van der Waals surface area contributed by atoms with Crippen molar-refractivity contribution in [1.82, 2.24) is 0 Å². The fourth-order valence-corrected chi connectivity index (χ4v) is 10.4. The van der Waals surface area contributed by atoms with E-state index in [9.17, 15) is 0 Å². The van der Waals surface area contributed by atoms with Gasteiger partial charge in [0.05, 0.1) is 17.1 Å². The Hall–Kier alpha value is -8.14. The van der Waals surface area contributed by atoms with Crippen LogP contribution >= 0.6 is 0 Å². The number of para-hydroxylation sites is 5. The maximum atomic E-state index is 6.52. The number of furan rings is 2. The van der Waals surface area contributed by atoms with Crippen molar-refractivity contribution in [3.8, 4) is 44.5 Å². The standard InChI is InChI=1S/C66H53NO2/c1-65(2,3)45-38-44(39-46(41-45)66(4,5)6)48-27-17-20-42-21-18-28-52(63(42)48)49-23-8-13-31-57(49)67(56-30-12-7-22-47(56)43-36-37-61-55(40-43)51-25-10-15-33-59(51)68-61)58-32-14-9-24-50(58)53-29-19-35-62-64(53)54-26-11-16-34-60(54)69-62/h7-41H,1-6H3. The van der Waals surface area contributed by atoms with Crippen LogP contribution in [0.3, 0.4) is 0 Å². The lowest BCUT2D eigenvalue weighted by atomic mass is 9.78. The van der Waals surface area contributed by atoms with Crippen LogP contribution in [-0.2, 0) is 10.8 Å². The minimum Gasteiger partial charge on any atom is -0.456 e. The summed E-state index contributed by atoms with van der Waals surface area (Å²) in [5.41, 5.74) is 18.5. The van der Waals surface area contributed by atoms with E-state index in [4.69, 9.17) is 8.83 Å². The van der Waals surface area contributed by atoms with E-state index >= 15 is 0 Å². The van der Waals surface area contributed by atoms with Crippen molar-refractivity contribution in [3.05, 3.63) is 223 Å². The van der Waals surface area contributed by atoms with Crippen molar-refractivity contribution >= 4 is 71.7 Å². The molecule has 12 rings (SSSR count). The SMILES string of the molecule is CC(C)(C)c1cc(-c2cccc3cccc(-c4ccccc4N(c4ccccc4-c4ccc5oc6ccccc6c5c4)c4ccccc4-c4cccc5oc6ccccc6c45)c23)cc(C(C)(C)C)c1. The molecule has 69 heavy (non-hydrogen) atoms. The molecule has 0 aliphatic rings. The van der Waals surface area contributed by atoms with Crippen LogP contribution in [0.25, 0.3) is 99.2 Å². The summed E-state index contributed by atoms with van der Waals surface area (Å²) in [5, 5.41) is 6.83. The molecule has 0 radical (unpaired) electrons. The van der Waals surface area contributed by atoms with Gasteiger partial charge in [0.25, 0.3) is 0 Å². The van der Waals surface area contributed by atoms with Crippen molar-refractivity contribution in [1.29, 1.82) is 0 Å². The van der Waals surface area contributed by atoms with E-state index in [1.165, 1.54) is 38.6 Å². The first kappa shape index (κ1) is 42.2. The number of rotatable bonds is 7. The van der Waals surface area contributed by atoms with Crippen LogP contribution in [-0.4, -0.2) is 0 Å². The number of anilines is 3. The summed E-state index contributed by atoms with van der Waals surface area (Å²) in [7, 11) is 0. The molecule has 0 bridgehead atoms. The molecule has 334 valence electrons. The topological polar surface area (TPSA) is 29.5 Å². The highest BCUT2D eigenvalue weighted by atomic mass is 16.3. The molecule has 0 fully saturated rings. The highest BCUT2D eigenvalue weighted by molar-refractivity contribution is 6.15. The quantitative estimate of drug-likeness (QED) is 0.160. The van der Waals surface area contributed by atoms with Crippen LogP contribution in [0.15, 0.2) is 221 Å². The van der Waals surface area contributed by atoms with Gasteiger partial charge in [0.1, 0.15) is 22.3 Å². The Kier molecular flexibility index (Phi) is 9.97. The fourth-order valence-electron chi connectivity index (χ4n) is 10.4. The van der Waals surface area contributed by atoms with E-state index < -0.39 is 0 Å². The Balaban J connectivity index is 1.15. The van der Waals surface area contributed by atoms with Gasteiger partial charge in [-0.1, -0.05) is 205 Å². The number of hydrogen-bond acceptors (Lipinski definition) is 3. The third-order valence-corrected chi connectivity index (χ3v) is 14.0. The molecule has 0 N–H and O–H groups in total. The largest absolute Gasteiger partial charge is 0.456 e. The van der Waals surface area contributed by atoms with Gasteiger partial charge in [-0.05, 0) is 109 Å². The number of nitrogens with zero attached hydrogens (tertiary/aromatic N) is 1. The molecule has 0 saturated carbocycles. The lowest BCUT2D eigenvalue weighted by molar-refractivity contribution is 0.569. The zero-order chi connectivity index (χ0) is 47.0. The molecule has 0 aliphatic heterocycles. The van der Waals surface area contributed by atoms with Crippen LogP contribution in [0.1, 0.15) is 52.7 Å². The van der Waals surface area contributed by atoms with Crippen LogP contribution in [0.5, 0.6) is 0 Å². The van der Waals surface area contributed by atoms with E-state index in [2.05, 4.69) is 241 Å². The number of fused-ring (bicyclic) bond motifs is 7. The molecule has 0 saturated heterocycles. The minimum atomic E-state index is -0.0282. The lowest BCUT2D eigenvalue weighted by Gasteiger charge is -2.32. The van der Waals surface area contributed by atoms with E-state index in [0.717, 1.165) is 88.8 Å². The molecule has 3 nitrogen and oxygen atoms in total. The summed E-state index contributed by atoms with van der Waals surface area (Å²) in [6.45, 7) is 13.9. The maximum absolute atomic E-state index is 6.52. The van der Waals surface area contributed by atoms with Gasteiger partial charge in [0.2, 0.25) is 0 Å². The first-order valence-electron chi connectivity index (χ1n) is 24.1. The molecule has 12 aromatic rings. The number of hydrogen-bond donors (Lipinski definition) is 0. The van der Waals surface area contributed by atoms with Gasteiger partial charge in [0.15, 0.2) is 0 Å². The normalized spacial score (nSPS) is 12.2. The van der Waals surface area contributed by atoms with Gasteiger partial charge in [-0.3, -0.25) is 0 Å². The monoisotopic (exact) mass is 891 g/mol. The van der Waals surface area contributed by atoms with Gasteiger partial charge in [-0.2, -0.15) is 0 Å². The van der Waals surface area contributed by atoms with E-state index in [0.29, 0.717) is 0 Å². The fraction of sp³-hybridized carbons (Fsp3) is 0.121. The van der Waals surface area contributed by atoms with Gasteiger partial charge >= 0.3 is 0 Å². The second kappa shape index (κ2) is 16.3. The van der Waals surface area contributed by atoms with E-state index in [1.54, 1.807) is 0 Å². The van der Waals surface area contributed by atoms with Crippen LogP contribution in [0.2, 0.25) is 0 Å². The first-order chi connectivity index (χ1) is 33.5. The summed E-state index contributed by atoms with van der Waals surface area (Å²) in [4.78, 5) is 2.50. The summed E-state index contributed by atoms with van der Waals surface area (Å²) in [6, 6.07) is 77.3. The van der Waals surface area contributed by atoms with Crippen molar-refractivity contribution in [2.75, 3.05) is 4.90 Å². The minimum absolute atomic E-state index is 0.0282. The summed E-state index contributed by atoms with van der Waals surface area (Å²) < 4.78 is 12.9. The van der Waals surface area contributed by atoms with E-state index in [1.807, 2.05) is 18.2 Å². The van der Waals surface area contributed by atoms with Crippen LogP contribution in [0.4, 0.5) is 17.1 Å². The first-order valence-corrected chi connectivity index (χ1v) is 24.1. The molecule has 0 spiro atoms. The molecular formula is C66H53NO2. The van der Waals surface area contributed by atoms with Crippen LogP contribution < -0.4 is 4.90 Å². The Morgan fingerprint density at radius 2 is 0.754 bits per heavy atom. The van der Waals surface area contributed by atoms with Gasteiger partial charge in [-0.25, -0.2) is 0 Å². The van der Waals surface area contributed by atoms with Gasteiger partial charge in [0, 0.05) is 38.2 Å². The molecule has 0 unspecified atom stereocenters. The summed E-state index contributed by atoms with van der Waals surface area (Å²) in [6.07, 6.45) is 0. The Morgan fingerprint density at radius 1 is 0.304 bits per heavy atom. The Morgan fingerprint density at radius 3 is 1.39 bits per heavy atom. The molecule has 3 heteroatoms. The van der Waals surface area contributed by atoms with Gasteiger partial charge < -0.3 is 13.7 Å². The second-order valence-corrected chi connectivity index (χ2v) is 20.5. The highest BCUT2D eigenvalue weighted by Gasteiger charge is 2.27. The Bertz CT molecular complexity index is 3910. The average molecular weight is 892 g/mol. The summed E-state index contributed by atoms with van der Waals surface area (Å²) in [5.74, 6) is 0. The second-order valence-electron chi connectivity index (χ2n) is 20.5. The zero-order valence-electron chi connectivity index (χ0n) is 40.0. The van der Waals surface area contributed by atoms with Crippen LogP contribution in [0, 0.1) is 0 Å². The molecule has 0 aliphatic carbocycles. The van der Waals surface area contributed by atoms with Crippen molar-refractivity contribution in [2.24, 2.45) is 0 Å². The van der Waals surface area contributed by atoms with Crippen molar-refractivity contribution in [2.45, 2.75) is 52.4 Å². The third-order valence-electron chi connectivity index (χ3n) is 14.0. The van der Waals surface area contributed by atoms with Crippen molar-refractivity contribution in [3.63, 3.8) is 0 Å². The van der Waals surface area contributed by atoms with Gasteiger partial charge in [-0.15, -0.1) is 0 Å². The molecular weight excluding hydrogens is 839 g/mol. The maximum Gasteiger partial charge on any atom is 0.136 e. The lowest BCUT2D eigenvalue weighted by Crippen LogP contribution is -2.16. The zero-order valence-corrected chi connectivity index (χ0v) is 40.0. The third kappa shape index (κ3) is 7.28. The molecule has 10 aromatic carbocycles. The molecule has 0 atom stereocenters. The number of benzene rings is 10. The summed E-state index contributed by atoms with van der Waals surface area (Å²) >= 11 is 0. The predicted octanol–water partition coefficient (Wildman–Crippen LogP) is 19.4. The predicted molar refractivity (Wildman–Crippen MR) is 292 cm³/mol. The van der Waals surface area contributed by atoms with E-state index in [-0.39, 0.29) is 10.8 Å². The van der Waals surface area contributed by atoms with Crippen molar-refractivity contribution < 1.29 is 8.83 Å². The molecule has 0 amide bonds. The highest BCUT2D eigenvalue weighted by Crippen LogP contribution is 2.51. The average Bonchev–Trinajstić information content (AvgIpc) is 3.94. The Labute approximate surface area is 403 Å². The molecule has 2 heterocycles. The smallest absolute Gasteiger partial charge is 0.136 e. The molecule has 2 aromatic heterocycles.